The van der Waals surface area contributed by atoms with Gasteiger partial charge in [0.25, 0.3) is 0 Å². The van der Waals surface area contributed by atoms with Gasteiger partial charge in [-0.05, 0) is 18.5 Å². The number of aromatic nitrogens is 2. The van der Waals surface area contributed by atoms with Crippen molar-refractivity contribution >= 4 is 0 Å². The molecule has 0 saturated carbocycles. The van der Waals surface area contributed by atoms with E-state index >= 15 is 0 Å². The Morgan fingerprint density at radius 2 is 1.85 bits per heavy atom. The third-order valence-corrected chi connectivity index (χ3v) is 3.47. The minimum absolute atomic E-state index is 0.931. The van der Waals surface area contributed by atoms with Crippen LogP contribution in [0.2, 0.25) is 0 Å². The van der Waals surface area contributed by atoms with Gasteiger partial charge in [0.15, 0.2) is 0 Å². The Balaban J connectivity index is 1.69. The van der Waals surface area contributed by atoms with Crippen molar-refractivity contribution in [1.82, 2.24) is 15.1 Å². The quantitative estimate of drug-likeness (QED) is 0.704. The smallest absolute Gasteiger partial charge is 0.0568 e. The lowest BCUT2D eigenvalue weighted by molar-refractivity contribution is 0.535. The zero-order valence-electron chi connectivity index (χ0n) is 12.4. The van der Waals surface area contributed by atoms with Gasteiger partial charge in [-0.2, -0.15) is 5.10 Å². The molecular formula is C17H25N3. The molecule has 3 nitrogen and oxygen atoms in total. The average Bonchev–Trinajstić information content (AvgIpc) is 2.96. The summed E-state index contributed by atoms with van der Waals surface area (Å²) >= 11 is 0. The van der Waals surface area contributed by atoms with E-state index in [0.717, 1.165) is 19.6 Å². The van der Waals surface area contributed by atoms with E-state index < -0.39 is 0 Å². The summed E-state index contributed by atoms with van der Waals surface area (Å²) in [5, 5.41) is 7.90. The van der Waals surface area contributed by atoms with Gasteiger partial charge in [0.05, 0.1) is 12.7 Å². The van der Waals surface area contributed by atoms with Crippen LogP contribution in [-0.2, 0) is 6.54 Å². The standard InChI is InChI=1S/C17H25N3/c1-2-3-4-8-11-18-12-13-20-15-17(14-19-20)16-9-6-5-7-10-16/h5-7,9-10,14-15,18H,2-4,8,11-13H2,1H3. The third kappa shape index (κ3) is 4.82. The average molecular weight is 271 g/mol. The Morgan fingerprint density at radius 3 is 2.65 bits per heavy atom. The second-order valence-corrected chi connectivity index (χ2v) is 5.17. The van der Waals surface area contributed by atoms with Gasteiger partial charge in [-0.1, -0.05) is 56.5 Å². The molecule has 3 heteroatoms. The molecule has 1 aromatic heterocycles. The second kappa shape index (κ2) is 8.54. The van der Waals surface area contributed by atoms with E-state index in [4.69, 9.17) is 0 Å². The Bertz CT molecular complexity index is 476. The van der Waals surface area contributed by atoms with Gasteiger partial charge in [0.2, 0.25) is 0 Å². The molecule has 0 radical (unpaired) electrons. The Hall–Kier alpha value is -1.61. The topological polar surface area (TPSA) is 29.9 Å². The van der Waals surface area contributed by atoms with Gasteiger partial charge in [0.1, 0.15) is 0 Å². The summed E-state index contributed by atoms with van der Waals surface area (Å²) in [6, 6.07) is 10.4. The zero-order valence-corrected chi connectivity index (χ0v) is 12.4. The van der Waals surface area contributed by atoms with Crippen LogP contribution in [0.4, 0.5) is 0 Å². The summed E-state index contributed by atoms with van der Waals surface area (Å²) in [5.41, 5.74) is 2.42. The van der Waals surface area contributed by atoms with Crippen LogP contribution in [0.25, 0.3) is 11.1 Å². The van der Waals surface area contributed by atoms with Crippen molar-refractivity contribution < 1.29 is 0 Å². The van der Waals surface area contributed by atoms with E-state index in [1.54, 1.807) is 0 Å². The van der Waals surface area contributed by atoms with E-state index in [0.29, 0.717) is 0 Å². The molecule has 20 heavy (non-hydrogen) atoms. The van der Waals surface area contributed by atoms with Crippen molar-refractivity contribution in [3.63, 3.8) is 0 Å². The van der Waals surface area contributed by atoms with Gasteiger partial charge in [-0.25, -0.2) is 0 Å². The van der Waals surface area contributed by atoms with Crippen LogP contribution in [0.3, 0.4) is 0 Å². The van der Waals surface area contributed by atoms with Crippen LogP contribution < -0.4 is 5.32 Å². The first kappa shape index (κ1) is 14.8. The molecule has 2 aromatic rings. The second-order valence-electron chi connectivity index (χ2n) is 5.17. The molecule has 0 atom stereocenters. The van der Waals surface area contributed by atoms with Crippen LogP contribution in [0.5, 0.6) is 0 Å². The monoisotopic (exact) mass is 271 g/mol. The highest BCUT2D eigenvalue weighted by atomic mass is 15.3. The zero-order chi connectivity index (χ0) is 14.0. The van der Waals surface area contributed by atoms with Crippen molar-refractivity contribution in [2.24, 2.45) is 0 Å². The van der Waals surface area contributed by atoms with Crippen molar-refractivity contribution in [2.45, 2.75) is 39.2 Å². The molecule has 0 unspecified atom stereocenters. The van der Waals surface area contributed by atoms with Gasteiger partial charge in [-0.15, -0.1) is 0 Å². The SMILES string of the molecule is CCCCCCNCCn1cc(-c2ccccc2)cn1. The minimum Gasteiger partial charge on any atom is -0.315 e. The fourth-order valence-electron chi connectivity index (χ4n) is 2.26. The van der Waals surface area contributed by atoms with Crippen LogP contribution in [0.15, 0.2) is 42.7 Å². The van der Waals surface area contributed by atoms with Crippen molar-refractivity contribution in [1.29, 1.82) is 0 Å². The molecule has 0 bridgehead atoms. The molecular weight excluding hydrogens is 246 g/mol. The molecule has 0 amide bonds. The van der Waals surface area contributed by atoms with Crippen LogP contribution in [-0.4, -0.2) is 22.9 Å². The molecule has 108 valence electrons. The molecule has 1 aromatic carbocycles. The number of rotatable bonds is 9. The van der Waals surface area contributed by atoms with Crippen LogP contribution in [0, 0.1) is 0 Å². The van der Waals surface area contributed by atoms with Crippen molar-refractivity contribution in [2.75, 3.05) is 13.1 Å². The predicted octanol–water partition coefficient (Wildman–Crippen LogP) is 3.72. The minimum atomic E-state index is 0.931. The summed E-state index contributed by atoms with van der Waals surface area (Å²) in [6.07, 6.45) is 9.33. The number of nitrogens with zero attached hydrogens (tertiary/aromatic N) is 2. The van der Waals surface area contributed by atoms with E-state index in [1.807, 2.05) is 16.9 Å². The summed E-state index contributed by atoms with van der Waals surface area (Å²) < 4.78 is 2.02. The van der Waals surface area contributed by atoms with Gasteiger partial charge in [0, 0.05) is 18.3 Å². The lowest BCUT2D eigenvalue weighted by Crippen LogP contribution is -2.21. The Morgan fingerprint density at radius 1 is 1.00 bits per heavy atom. The van der Waals surface area contributed by atoms with Gasteiger partial charge >= 0.3 is 0 Å². The van der Waals surface area contributed by atoms with Gasteiger partial charge in [-0.3, -0.25) is 4.68 Å². The number of unbranched alkanes of at least 4 members (excludes halogenated alkanes) is 3. The van der Waals surface area contributed by atoms with E-state index in [-0.39, 0.29) is 0 Å². The molecule has 0 aliphatic heterocycles. The maximum Gasteiger partial charge on any atom is 0.0568 e. The third-order valence-electron chi connectivity index (χ3n) is 3.47. The summed E-state index contributed by atoms with van der Waals surface area (Å²) in [5.74, 6) is 0. The summed E-state index contributed by atoms with van der Waals surface area (Å²) in [4.78, 5) is 0. The lowest BCUT2D eigenvalue weighted by atomic mass is 10.1. The molecule has 1 N–H and O–H groups in total. The molecule has 2 rings (SSSR count). The number of hydrogen-bond donors (Lipinski definition) is 1. The Labute approximate surface area is 122 Å². The normalized spacial score (nSPS) is 10.8. The molecule has 0 aliphatic carbocycles. The van der Waals surface area contributed by atoms with Gasteiger partial charge < -0.3 is 5.32 Å². The van der Waals surface area contributed by atoms with E-state index in [1.165, 1.54) is 36.8 Å². The molecule has 0 fully saturated rings. The number of nitrogens with one attached hydrogen (secondary N) is 1. The maximum atomic E-state index is 4.42. The van der Waals surface area contributed by atoms with E-state index in [2.05, 4.69) is 47.8 Å². The molecule has 1 heterocycles. The van der Waals surface area contributed by atoms with E-state index in [9.17, 15) is 0 Å². The molecule has 0 aliphatic rings. The predicted molar refractivity (Wildman–Crippen MR) is 84.7 cm³/mol. The molecule has 0 spiro atoms. The van der Waals surface area contributed by atoms with Crippen LogP contribution in [0.1, 0.15) is 32.6 Å². The maximum absolute atomic E-state index is 4.42. The van der Waals surface area contributed by atoms with Crippen molar-refractivity contribution in [3.8, 4) is 11.1 Å². The highest BCUT2D eigenvalue weighted by molar-refractivity contribution is 5.61. The first-order valence-corrected chi connectivity index (χ1v) is 7.68. The largest absolute Gasteiger partial charge is 0.315 e. The number of hydrogen-bond acceptors (Lipinski definition) is 2. The fourth-order valence-corrected chi connectivity index (χ4v) is 2.26. The highest BCUT2D eigenvalue weighted by Crippen LogP contribution is 2.17. The number of benzene rings is 1. The summed E-state index contributed by atoms with van der Waals surface area (Å²) in [6.45, 7) is 5.28. The van der Waals surface area contributed by atoms with Crippen LogP contribution >= 0.6 is 0 Å². The molecule has 0 saturated heterocycles. The fraction of sp³-hybridized carbons (Fsp3) is 0.471. The highest BCUT2D eigenvalue weighted by Gasteiger charge is 2.00. The Kier molecular flexibility index (Phi) is 6.32. The first-order valence-electron chi connectivity index (χ1n) is 7.68. The first-order chi connectivity index (χ1) is 9.90. The lowest BCUT2D eigenvalue weighted by Gasteiger charge is -2.04. The summed E-state index contributed by atoms with van der Waals surface area (Å²) in [7, 11) is 0. The van der Waals surface area contributed by atoms with Crippen molar-refractivity contribution in [3.05, 3.63) is 42.7 Å².